The molecule has 1 fully saturated rings. The third kappa shape index (κ3) is 3.83. The van der Waals surface area contributed by atoms with E-state index < -0.39 is 0 Å². The molecule has 1 aliphatic heterocycles. The van der Waals surface area contributed by atoms with Gasteiger partial charge in [0.15, 0.2) is 0 Å². The van der Waals surface area contributed by atoms with Crippen LogP contribution in [-0.2, 0) is 4.79 Å². The molecule has 23 heavy (non-hydrogen) atoms. The van der Waals surface area contributed by atoms with Gasteiger partial charge in [-0.05, 0) is 31.2 Å². The van der Waals surface area contributed by atoms with Gasteiger partial charge in [0, 0.05) is 31.9 Å². The van der Waals surface area contributed by atoms with Gasteiger partial charge in [0.25, 0.3) is 0 Å². The van der Waals surface area contributed by atoms with Crippen LogP contribution in [0.5, 0.6) is 0 Å². The number of benzene rings is 1. The average Bonchev–Trinajstić information content (AvgIpc) is 3.08. The van der Waals surface area contributed by atoms with Gasteiger partial charge in [0.1, 0.15) is 11.3 Å². The van der Waals surface area contributed by atoms with Crippen molar-refractivity contribution in [3.63, 3.8) is 0 Å². The zero-order valence-electron chi connectivity index (χ0n) is 12.8. The van der Waals surface area contributed by atoms with Crippen LogP contribution in [0.15, 0.2) is 29.8 Å². The van der Waals surface area contributed by atoms with E-state index in [4.69, 9.17) is 0 Å². The number of carbonyl (C=O) groups excluding carboxylic acids is 1. The number of nitrogens with zero attached hydrogens (tertiary/aromatic N) is 4. The zero-order chi connectivity index (χ0) is 16.2. The Morgan fingerprint density at radius 2 is 1.96 bits per heavy atom. The number of carbonyl (C=O) groups is 1. The molecular weight excluding hydrogens is 317 g/mol. The van der Waals surface area contributed by atoms with Gasteiger partial charge in [-0.1, -0.05) is 11.3 Å². The molecule has 2 heterocycles. The summed E-state index contributed by atoms with van der Waals surface area (Å²) in [5.41, 5.74) is 2.60. The van der Waals surface area contributed by atoms with E-state index in [9.17, 15) is 9.18 Å². The lowest BCUT2D eigenvalue weighted by Crippen LogP contribution is -2.52. The lowest BCUT2D eigenvalue weighted by molar-refractivity contribution is -0.120. The highest BCUT2D eigenvalue weighted by molar-refractivity contribution is 7.13. The Balaban J connectivity index is 1.53. The summed E-state index contributed by atoms with van der Waals surface area (Å²) in [4.78, 5) is 16.6. The second-order valence-corrected chi connectivity index (χ2v) is 6.24. The standard InChI is InChI=1S/C15H18FN5OS/c1-11(14(22)18-15-19-17-10-23-15)20-6-8-21(9-7-20)13-4-2-12(16)3-5-13/h2-5,10-11H,6-9H2,1H3,(H,18,19,22). The number of amides is 1. The topological polar surface area (TPSA) is 61.4 Å². The van der Waals surface area contributed by atoms with Crippen LogP contribution in [0.3, 0.4) is 0 Å². The Hall–Kier alpha value is -2.06. The van der Waals surface area contributed by atoms with Crippen LogP contribution in [0.25, 0.3) is 0 Å². The van der Waals surface area contributed by atoms with E-state index in [1.54, 1.807) is 17.6 Å². The van der Waals surface area contributed by atoms with Crippen LogP contribution in [0, 0.1) is 5.82 Å². The molecule has 6 nitrogen and oxygen atoms in total. The minimum Gasteiger partial charge on any atom is -0.369 e. The van der Waals surface area contributed by atoms with Gasteiger partial charge in [-0.15, -0.1) is 10.2 Å². The zero-order valence-corrected chi connectivity index (χ0v) is 13.6. The molecule has 1 saturated heterocycles. The van der Waals surface area contributed by atoms with E-state index in [0.717, 1.165) is 31.9 Å². The summed E-state index contributed by atoms with van der Waals surface area (Å²) in [5.74, 6) is -0.300. The normalized spacial score (nSPS) is 17.0. The van der Waals surface area contributed by atoms with E-state index in [1.807, 2.05) is 6.92 Å². The molecular formula is C15H18FN5OS. The van der Waals surface area contributed by atoms with Crippen molar-refractivity contribution in [1.29, 1.82) is 0 Å². The first kappa shape index (κ1) is 15.8. The quantitative estimate of drug-likeness (QED) is 0.924. The fraction of sp³-hybridized carbons (Fsp3) is 0.400. The molecule has 0 aliphatic carbocycles. The predicted octanol–water partition coefficient (Wildman–Crippen LogP) is 1.83. The van der Waals surface area contributed by atoms with Crippen LogP contribution in [0.1, 0.15) is 6.92 Å². The molecule has 1 N–H and O–H groups in total. The lowest BCUT2D eigenvalue weighted by atomic mass is 10.2. The lowest BCUT2D eigenvalue weighted by Gasteiger charge is -2.38. The van der Waals surface area contributed by atoms with E-state index in [-0.39, 0.29) is 17.8 Å². The van der Waals surface area contributed by atoms with E-state index in [1.165, 1.54) is 23.5 Å². The molecule has 1 aromatic carbocycles. The number of piperazine rings is 1. The highest BCUT2D eigenvalue weighted by atomic mass is 32.1. The number of halogens is 1. The molecule has 122 valence electrons. The summed E-state index contributed by atoms with van der Waals surface area (Å²) in [6, 6.07) is 6.29. The number of hydrogen-bond acceptors (Lipinski definition) is 6. The molecule has 0 spiro atoms. The fourth-order valence-electron chi connectivity index (χ4n) is 2.62. The Morgan fingerprint density at radius 3 is 2.57 bits per heavy atom. The molecule has 0 saturated carbocycles. The summed E-state index contributed by atoms with van der Waals surface area (Å²) in [7, 11) is 0. The monoisotopic (exact) mass is 335 g/mol. The second-order valence-electron chi connectivity index (χ2n) is 5.41. The second kappa shape index (κ2) is 7.01. The van der Waals surface area contributed by atoms with Crippen LogP contribution < -0.4 is 10.2 Å². The third-order valence-corrected chi connectivity index (χ3v) is 4.63. The van der Waals surface area contributed by atoms with Crippen molar-refractivity contribution in [2.45, 2.75) is 13.0 Å². The first-order chi connectivity index (χ1) is 11.1. The summed E-state index contributed by atoms with van der Waals surface area (Å²) in [5, 5.41) is 10.8. The number of aromatic nitrogens is 2. The number of rotatable bonds is 4. The molecule has 1 aliphatic rings. The van der Waals surface area contributed by atoms with Gasteiger partial charge in [-0.25, -0.2) is 4.39 Å². The van der Waals surface area contributed by atoms with Crippen molar-refractivity contribution in [1.82, 2.24) is 15.1 Å². The number of nitrogens with one attached hydrogen (secondary N) is 1. The first-order valence-corrected chi connectivity index (χ1v) is 8.33. The molecule has 0 bridgehead atoms. The van der Waals surface area contributed by atoms with Crippen molar-refractivity contribution in [3.05, 3.63) is 35.6 Å². The van der Waals surface area contributed by atoms with Crippen molar-refractivity contribution in [3.8, 4) is 0 Å². The Bertz CT molecular complexity index is 640. The van der Waals surface area contributed by atoms with Crippen molar-refractivity contribution in [2.24, 2.45) is 0 Å². The van der Waals surface area contributed by atoms with E-state index >= 15 is 0 Å². The van der Waals surface area contributed by atoms with Crippen LogP contribution >= 0.6 is 11.3 Å². The molecule has 0 radical (unpaired) electrons. The molecule has 1 atom stereocenters. The SMILES string of the molecule is CC(C(=O)Nc1nncs1)N1CCN(c2ccc(F)cc2)CC1. The highest BCUT2D eigenvalue weighted by Crippen LogP contribution is 2.18. The Kier molecular flexibility index (Phi) is 4.82. The van der Waals surface area contributed by atoms with Gasteiger partial charge in [0.05, 0.1) is 6.04 Å². The maximum atomic E-state index is 13.0. The van der Waals surface area contributed by atoms with E-state index in [0.29, 0.717) is 5.13 Å². The first-order valence-electron chi connectivity index (χ1n) is 7.45. The van der Waals surface area contributed by atoms with Gasteiger partial charge >= 0.3 is 0 Å². The predicted molar refractivity (Wildman–Crippen MR) is 88.2 cm³/mol. The summed E-state index contributed by atoms with van der Waals surface area (Å²) in [6.07, 6.45) is 0. The van der Waals surface area contributed by atoms with Gasteiger partial charge < -0.3 is 4.90 Å². The van der Waals surface area contributed by atoms with E-state index in [2.05, 4.69) is 25.3 Å². The van der Waals surface area contributed by atoms with Crippen molar-refractivity contribution < 1.29 is 9.18 Å². The summed E-state index contributed by atoms with van der Waals surface area (Å²) >= 11 is 1.30. The largest absolute Gasteiger partial charge is 0.369 e. The molecule has 1 aromatic heterocycles. The Morgan fingerprint density at radius 1 is 1.26 bits per heavy atom. The van der Waals surface area contributed by atoms with Crippen LogP contribution in [0.4, 0.5) is 15.2 Å². The minimum atomic E-state index is -0.228. The minimum absolute atomic E-state index is 0.0722. The third-order valence-electron chi connectivity index (χ3n) is 4.02. The van der Waals surface area contributed by atoms with Gasteiger partial charge in [-0.2, -0.15) is 0 Å². The average molecular weight is 335 g/mol. The molecule has 8 heteroatoms. The van der Waals surface area contributed by atoms with Crippen LogP contribution in [-0.4, -0.2) is 53.2 Å². The highest BCUT2D eigenvalue weighted by Gasteiger charge is 2.26. The van der Waals surface area contributed by atoms with Crippen molar-refractivity contribution >= 4 is 28.1 Å². The molecule has 3 rings (SSSR count). The van der Waals surface area contributed by atoms with Crippen LogP contribution in [0.2, 0.25) is 0 Å². The summed E-state index contributed by atoms with van der Waals surface area (Å²) < 4.78 is 13.0. The van der Waals surface area contributed by atoms with Crippen molar-refractivity contribution in [2.75, 3.05) is 36.4 Å². The smallest absolute Gasteiger partial charge is 0.243 e. The Labute approximate surface area is 137 Å². The molecule has 1 unspecified atom stereocenters. The van der Waals surface area contributed by atoms with Gasteiger partial charge in [0.2, 0.25) is 11.0 Å². The number of anilines is 2. The summed E-state index contributed by atoms with van der Waals surface area (Å²) in [6.45, 7) is 5.07. The molecule has 1 amide bonds. The maximum Gasteiger partial charge on any atom is 0.243 e. The van der Waals surface area contributed by atoms with Gasteiger partial charge in [-0.3, -0.25) is 15.0 Å². The maximum absolute atomic E-state index is 13.0. The molecule has 2 aromatic rings. The fourth-order valence-corrected chi connectivity index (χ4v) is 3.07. The number of hydrogen-bond donors (Lipinski definition) is 1.